The van der Waals surface area contributed by atoms with E-state index in [9.17, 15) is 18.0 Å². The van der Waals surface area contributed by atoms with E-state index in [1.54, 1.807) is 36.4 Å². The van der Waals surface area contributed by atoms with E-state index in [1.807, 2.05) is 29.2 Å². The molecule has 1 aliphatic heterocycles. The molecule has 0 radical (unpaired) electrons. The number of carbonyl (C=O) groups excluding carboxylic acids is 2. The summed E-state index contributed by atoms with van der Waals surface area (Å²) in [6.45, 7) is 1.25. The van der Waals surface area contributed by atoms with Crippen LogP contribution >= 0.6 is 0 Å². The number of nitrogens with one attached hydrogen (secondary N) is 1. The molecule has 3 N–H and O–H groups in total. The lowest BCUT2D eigenvalue weighted by molar-refractivity contribution is -0.126. The first-order valence-corrected chi connectivity index (χ1v) is 10.9. The van der Waals surface area contributed by atoms with Gasteiger partial charge < -0.3 is 5.73 Å². The molecule has 0 bridgehead atoms. The zero-order valence-corrected chi connectivity index (χ0v) is 16.7. The van der Waals surface area contributed by atoms with E-state index in [0.717, 1.165) is 5.56 Å². The first-order valence-electron chi connectivity index (χ1n) is 9.28. The SMILES string of the molecule is NC(=O)NC(=O)[C@H](c1ccccc1)N1CCN(S(=O)(=O)Cc2ccccc2)CC1. The highest BCUT2D eigenvalue weighted by molar-refractivity contribution is 7.88. The van der Waals surface area contributed by atoms with Gasteiger partial charge in [0, 0.05) is 26.2 Å². The fourth-order valence-electron chi connectivity index (χ4n) is 3.47. The van der Waals surface area contributed by atoms with Gasteiger partial charge >= 0.3 is 6.03 Å². The van der Waals surface area contributed by atoms with Crippen LogP contribution in [0.15, 0.2) is 60.7 Å². The molecule has 2 aromatic rings. The second-order valence-corrected chi connectivity index (χ2v) is 8.81. The summed E-state index contributed by atoms with van der Waals surface area (Å²) in [5, 5.41) is 2.14. The van der Waals surface area contributed by atoms with Crippen molar-refractivity contribution in [1.82, 2.24) is 14.5 Å². The second kappa shape index (κ2) is 9.17. The van der Waals surface area contributed by atoms with Crippen molar-refractivity contribution >= 4 is 22.0 Å². The number of nitrogens with two attached hydrogens (primary N) is 1. The van der Waals surface area contributed by atoms with Crippen LogP contribution in [0.2, 0.25) is 0 Å². The molecule has 1 fully saturated rings. The fourth-order valence-corrected chi connectivity index (χ4v) is 4.99. The van der Waals surface area contributed by atoms with Crippen LogP contribution in [0.3, 0.4) is 0 Å². The summed E-state index contributed by atoms with van der Waals surface area (Å²) in [5.41, 5.74) is 6.56. The lowest BCUT2D eigenvalue weighted by Gasteiger charge is -2.38. The number of primary amides is 1. The highest BCUT2D eigenvalue weighted by atomic mass is 32.2. The minimum atomic E-state index is -3.46. The largest absolute Gasteiger partial charge is 0.351 e. The quantitative estimate of drug-likeness (QED) is 0.731. The molecule has 0 aliphatic carbocycles. The summed E-state index contributed by atoms with van der Waals surface area (Å²) >= 11 is 0. The average Bonchev–Trinajstić information content (AvgIpc) is 2.69. The van der Waals surface area contributed by atoms with Crippen molar-refractivity contribution in [1.29, 1.82) is 0 Å². The predicted molar refractivity (Wildman–Crippen MR) is 109 cm³/mol. The Kier molecular flexibility index (Phi) is 6.63. The van der Waals surface area contributed by atoms with E-state index in [-0.39, 0.29) is 18.8 Å². The lowest BCUT2D eigenvalue weighted by Crippen LogP contribution is -2.53. The third-order valence-electron chi connectivity index (χ3n) is 4.83. The molecular formula is C20H24N4O4S. The summed E-state index contributed by atoms with van der Waals surface area (Å²) < 4.78 is 26.9. The van der Waals surface area contributed by atoms with Gasteiger partial charge in [0.1, 0.15) is 6.04 Å². The van der Waals surface area contributed by atoms with Gasteiger partial charge in [0.25, 0.3) is 0 Å². The van der Waals surface area contributed by atoms with Crippen molar-refractivity contribution in [3.05, 3.63) is 71.8 Å². The Bertz CT molecular complexity index is 943. The molecule has 3 amide bonds. The van der Waals surface area contributed by atoms with Crippen molar-refractivity contribution in [2.24, 2.45) is 5.73 Å². The molecule has 0 aromatic heterocycles. The van der Waals surface area contributed by atoms with E-state index in [4.69, 9.17) is 5.73 Å². The molecule has 2 aromatic carbocycles. The number of urea groups is 1. The summed E-state index contributed by atoms with van der Waals surface area (Å²) in [6, 6.07) is 16.4. The van der Waals surface area contributed by atoms with Crippen LogP contribution in [0, 0.1) is 0 Å². The number of imide groups is 1. The van der Waals surface area contributed by atoms with Gasteiger partial charge in [-0.25, -0.2) is 13.2 Å². The number of hydrogen-bond acceptors (Lipinski definition) is 5. The van der Waals surface area contributed by atoms with Crippen molar-refractivity contribution in [2.75, 3.05) is 26.2 Å². The molecule has 3 rings (SSSR count). The highest BCUT2D eigenvalue weighted by Crippen LogP contribution is 2.24. The van der Waals surface area contributed by atoms with Crippen LogP contribution < -0.4 is 11.1 Å². The summed E-state index contributed by atoms with van der Waals surface area (Å²) in [6.07, 6.45) is 0. The maximum atomic E-state index is 12.7. The van der Waals surface area contributed by atoms with Gasteiger partial charge in [0.2, 0.25) is 15.9 Å². The minimum absolute atomic E-state index is 0.0574. The number of hydrogen-bond donors (Lipinski definition) is 2. The smallest absolute Gasteiger partial charge is 0.318 e. The maximum absolute atomic E-state index is 12.7. The van der Waals surface area contributed by atoms with Crippen LogP contribution in [-0.4, -0.2) is 55.7 Å². The van der Waals surface area contributed by atoms with E-state index in [0.29, 0.717) is 18.7 Å². The van der Waals surface area contributed by atoms with Crippen LogP contribution in [0.1, 0.15) is 17.2 Å². The van der Waals surface area contributed by atoms with Gasteiger partial charge in [-0.3, -0.25) is 15.0 Å². The Balaban J connectivity index is 1.71. The van der Waals surface area contributed by atoms with Crippen molar-refractivity contribution in [3.8, 4) is 0 Å². The monoisotopic (exact) mass is 416 g/mol. The number of amides is 3. The van der Waals surface area contributed by atoms with Gasteiger partial charge in [-0.2, -0.15) is 4.31 Å². The maximum Gasteiger partial charge on any atom is 0.318 e. The van der Waals surface area contributed by atoms with Crippen molar-refractivity contribution in [3.63, 3.8) is 0 Å². The molecule has 1 atom stereocenters. The van der Waals surface area contributed by atoms with E-state index in [2.05, 4.69) is 5.32 Å². The number of benzene rings is 2. The van der Waals surface area contributed by atoms with Crippen LogP contribution in [-0.2, 0) is 20.6 Å². The lowest BCUT2D eigenvalue weighted by atomic mass is 10.0. The van der Waals surface area contributed by atoms with Gasteiger partial charge in [-0.15, -0.1) is 0 Å². The Labute approximate surface area is 170 Å². The van der Waals surface area contributed by atoms with E-state index < -0.39 is 28.0 Å². The van der Waals surface area contributed by atoms with E-state index in [1.165, 1.54) is 4.31 Å². The summed E-state index contributed by atoms with van der Waals surface area (Å²) in [5.74, 6) is -0.581. The molecule has 1 aliphatic rings. The van der Waals surface area contributed by atoms with Gasteiger partial charge in [-0.1, -0.05) is 60.7 Å². The topological polar surface area (TPSA) is 113 Å². The molecular weight excluding hydrogens is 392 g/mol. The molecule has 0 saturated carbocycles. The van der Waals surface area contributed by atoms with Crippen LogP contribution in [0.5, 0.6) is 0 Å². The normalized spacial score (nSPS) is 16.8. The zero-order chi connectivity index (χ0) is 20.9. The minimum Gasteiger partial charge on any atom is -0.351 e. The second-order valence-electron chi connectivity index (χ2n) is 6.84. The summed E-state index contributed by atoms with van der Waals surface area (Å²) in [4.78, 5) is 25.6. The Hall–Kier alpha value is -2.75. The molecule has 29 heavy (non-hydrogen) atoms. The third-order valence-corrected chi connectivity index (χ3v) is 6.68. The number of nitrogens with zero attached hydrogens (tertiary/aromatic N) is 2. The number of sulfonamides is 1. The van der Waals surface area contributed by atoms with Gasteiger partial charge in [-0.05, 0) is 11.1 Å². The number of rotatable bonds is 6. The standard InChI is InChI=1S/C20H24N4O4S/c21-20(26)22-19(25)18(17-9-5-2-6-10-17)23-11-13-24(14-12-23)29(27,28)15-16-7-3-1-4-8-16/h1-10,18H,11-15H2,(H3,21,22,25,26)/t18-/m0/s1. The molecule has 0 unspecified atom stereocenters. The van der Waals surface area contributed by atoms with Crippen molar-refractivity contribution < 1.29 is 18.0 Å². The molecule has 0 spiro atoms. The van der Waals surface area contributed by atoms with Crippen LogP contribution in [0.4, 0.5) is 4.79 Å². The number of piperazine rings is 1. The fraction of sp³-hybridized carbons (Fsp3) is 0.300. The zero-order valence-electron chi connectivity index (χ0n) is 15.9. The molecule has 154 valence electrons. The number of carbonyl (C=O) groups is 2. The van der Waals surface area contributed by atoms with E-state index >= 15 is 0 Å². The van der Waals surface area contributed by atoms with Crippen molar-refractivity contribution in [2.45, 2.75) is 11.8 Å². The predicted octanol–water partition coefficient (Wildman–Crippen LogP) is 1.07. The Morgan fingerprint density at radius 3 is 2.03 bits per heavy atom. The summed E-state index contributed by atoms with van der Waals surface area (Å²) in [7, 11) is -3.46. The molecule has 9 heteroatoms. The first kappa shape index (κ1) is 21.0. The third kappa shape index (κ3) is 5.41. The molecule has 8 nitrogen and oxygen atoms in total. The molecule has 1 saturated heterocycles. The van der Waals surface area contributed by atoms with Gasteiger partial charge in [0.15, 0.2) is 0 Å². The van der Waals surface area contributed by atoms with Gasteiger partial charge in [0.05, 0.1) is 5.75 Å². The van der Waals surface area contributed by atoms with Crippen LogP contribution in [0.25, 0.3) is 0 Å². The highest BCUT2D eigenvalue weighted by Gasteiger charge is 2.34. The Morgan fingerprint density at radius 1 is 0.931 bits per heavy atom. The molecule has 1 heterocycles. The Morgan fingerprint density at radius 2 is 1.48 bits per heavy atom. The first-order chi connectivity index (χ1) is 13.9. The average molecular weight is 417 g/mol.